The lowest BCUT2D eigenvalue weighted by Gasteiger charge is -2.43. The zero-order valence-corrected chi connectivity index (χ0v) is 18.7. The smallest absolute Gasteiger partial charge is 0.384 e. The summed E-state index contributed by atoms with van der Waals surface area (Å²) in [4.78, 5) is 6.60. The number of hydrogen-bond acceptors (Lipinski definition) is 2. The molecule has 1 heterocycles. The third-order valence-electron chi connectivity index (χ3n) is 5.90. The van der Waals surface area contributed by atoms with E-state index in [1.165, 1.54) is 12.1 Å². The van der Waals surface area contributed by atoms with Crippen molar-refractivity contribution in [3.63, 3.8) is 0 Å². The summed E-state index contributed by atoms with van der Waals surface area (Å²) in [7, 11) is 3.47. The van der Waals surface area contributed by atoms with E-state index in [0.29, 0.717) is 12.5 Å². The molecule has 1 aliphatic heterocycles. The normalized spacial score (nSPS) is 21.8. The largest absolute Gasteiger partial charge is 0.416 e. The first-order valence-electron chi connectivity index (χ1n) is 9.50. The maximum Gasteiger partial charge on any atom is 0.416 e. The van der Waals surface area contributed by atoms with Crippen LogP contribution in [-0.4, -0.2) is 51.3 Å². The molecule has 0 amide bonds. The molecule has 1 aromatic carbocycles. The Hall–Kier alpha value is -1.03. The van der Waals surface area contributed by atoms with Gasteiger partial charge in [0.15, 0.2) is 5.96 Å². The number of nitrogens with one attached hydrogen (secondary N) is 1. The van der Waals surface area contributed by atoms with Gasteiger partial charge >= 0.3 is 6.18 Å². The van der Waals surface area contributed by atoms with Crippen molar-refractivity contribution in [2.45, 2.75) is 37.3 Å². The summed E-state index contributed by atoms with van der Waals surface area (Å²) in [5.74, 6) is 1.32. The third-order valence-corrected chi connectivity index (χ3v) is 5.90. The van der Waals surface area contributed by atoms with Crippen molar-refractivity contribution < 1.29 is 17.9 Å². The molecule has 1 unspecified atom stereocenters. The van der Waals surface area contributed by atoms with E-state index in [2.05, 4.69) is 15.2 Å². The zero-order chi connectivity index (χ0) is 19.5. The summed E-state index contributed by atoms with van der Waals surface area (Å²) in [6.45, 7) is 3.16. The second kappa shape index (κ2) is 9.65. The lowest BCUT2D eigenvalue weighted by atomic mass is 9.64. The monoisotopic (exact) mass is 511 g/mol. The average molecular weight is 511 g/mol. The Labute approximate surface area is 181 Å². The second-order valence-corrected chi connectivity index (χ2v) is 7.67. The van der Waals surface area contributed by atoms with E-state index in [0.717, 1.165) is 63.0 Å². The molecule has 0 spiro atoms. The molecule has 8 heteroatoms. The molecule has 28 heavy (non-hydrogen) atoms. The topological polar surface area (TPSA) is 36.9 Å². The number of halogens is 4. The number of likely N-dealkylation sites (tertiary alicyclic amines) is 1. The summed E-state index contributed by atoms with van der Waals surface area (Å²) in [5, 5.41) is 3.43. The Morgan fingerprint density at radius 1 is 1.36 bits per heavy atom. The van der Waals surface area contributed by atoms with Crippen molar-refractivity contribution in [1.29, 1.82) is 0 Å². The van der Waals surface area contributed by atoms with Crippen LogP contribution < -0.4 is 5.32 Å². The zero-order valence-electron chi connectivity index (χ0n) is 16.4. The van der Waals surface area contributed by atoms with Gasteiger partial charge in [-0.05, 0) is 30.9 Å². The van der Waals surface area contributed by atoms with Gasteiger partial charge in [0.05, 0.1) is 12.2 Å². The highest BCUT2D eigenvalue weighted by molar-refractivity contribution is 14.0. The maximum atomic E-state index is 13.1. The molecule has 0 aromatic heterocycles. The van der Waals surface area contributed by atoms with Crippen molar-refractivity contribution in [3.05, 3.63) is 35.4 Å². The van der Waals surface area contributed by atoms with Gasteiger partial charge < -0.3 is 15.0 Å². The van der Waals surface area contributed by atoms with Gasteiger partial charge in [0.25, 0.3) is 0 Å². The van der Waals surface area contributed by atoms with E-state index in [-0.39, 0.29) is 29.4 Å². The highest BCUT2D eigenvalue weighted by Gasteiger charge is 2.41. The Bertz CT molecular complexity index is 677. The first-order chi connectivity index (χ1) is 12.9. The van der Waals surface area contributed by atoms with Crippen molar-refractivity contribution >= 4 is 29.9 Å². The first-order valence-corrected chi connectivity index (χ1v) is 9.50. The molecule has 4 nitrogen and oxygen atoms in total. The Kier molecular flexibility index (Phi) is 8.01. The number of hydrogen-bond donors (Lipinski definition) is 1. The molecule has 1 aromatic rings. The minimum absolute atomic E-state index is 0. The van der Waals surface area contributed by atoms with E-state index in [9.17, 15) is 13.2 Å². The van der Waals surface area contributed by atoms with E-state index in [4.69, 9.17) is 4.74 Å². The lowest BCUT2D eigenvalue weighted by molar-refractivity contribution is -0.137. The van der Waals surface area contributed by atoms with E-state index in [1.807, 2.05) is 6.07 Å². The van der Waals surface area contributed by atoms with Gasteiger partial charge in [-0.2, -0.15) is 13.2 Å². The maximum absolute atomic E-state index is 13.1. The van der Waals surface area contributed by atoms with Gasteiger partial charge in [-0.3, -0.25) is 4.99 Å². The van der Waals surface area contributed by atoms with Crippen LogP contribution >= 0.6 is 24.0 Å². The number of rotatable bonds is 5. The van der Waals surface area contributed by atoms with Gasteiger partial charge in [0.2, 0.25) is 0 Å². The van der Waals surface area contributed by atoms with Crippen molar-refractivity contribution in [3.8, 4) is 0 Å². The number of guanidine groups is 1. The third kappa shape index (κ3) is 5.11. The Morgan fingerprint density at radius 3 is 2.68 bits per heavy atom. The number of methoxy groups -OCH3 is 1. The van der Waals surface area contributed by atoms with Gasteiger partial charge in [-0.15, -0.1) is 24.0 Å². The average Bonchev–Trinajstić information content (AvgIpc) is 3.05. The number of benzene rings is 1. The van der Waals surface area contributed by atoms with Crippen LogP contribution in [0.1, 0.15) is 36.8 Å². The number of nitrogens with zero attached hydrogens (tertiary/aromatic N) is 2. The number of alkyl halides is 3. The summed E-state index contributed by atoms with van der Waals surface area (Å²) in [6.07, 6.45) is -0.422. The van der Waals surface area contributed by atoms with Crippen molar-refractivity contribution in [2.75, 3.05) is 40.4 Å². The van der Waals surface area contributed by atoms with E-state index >= 15 is 0 Å². The molecular formula is C20H29F3IN3O. The summed E-state index contributed by atoms with van der Waals surface area (Å²) < 4.78 is 44.5. The van der Waals surface area contributed by atoms with E-state index in [1.54, 1.807) is 14.2 Å². The SMILES string of the molecule is CN=C(NCC1(c2cccc(C(F)(F)F)c2)CCC1)N1CCC(COC)C1.I. The Morgan fingerprint density at radius 2 is 2.11 bits per heavy atom. The summed E-state index contributed by atoms with van der Waals surface area (Å²) in [5.41, 5.74) is -0.0501. The van der Waals surface area contributed by atoms with Crippen molar-refractivity contribution in [1.82, 2.24) is 10.2 Å². The molecule has 1 atom stereocenters. The van der Waals surface area contributed by atoms with Gasteiger partial charge in [0.1, 0.15) is 0 Å². The predicted octanol–water partition coefficient (Wildman–Crippen LogP) is 4.29. The minimum atomic E-state index is -4.31. The molecule has 0 radical (unpaired) electrons. The molecule has 1 N–H and O–H groups in total. The molecule has 2 fully saturated rings. The van der Waals surface area contributed by atoms with Crippen LogP contribution in [0.2, 0.25) is 0 Å². The number of aliphatic imine (C=N–C) groups is 1. The van der Waals surface area contributed by atoms with Crippen LogP contribution in [0.4, 0.5) is 13.2 Å². The summed E-state index contributed by atoms with van der Waals surface area (Å²) in [6, 6.07) is 5.79. The predicted molar refractivity (Wildman–Crippen MR) is 115 cm³/mol. The second-order valence-electron chi connectivity index (χ2n) is 7.67. The van der Waals surface area contributed by atoms with Gasteiger partial charge in [0, 0.05) is 45.1 Å². The standard InChI is InChI=1S/C20H28F3N3O.HI/c1-24-18(26-10-7-15(12-26)13-27-2)25-14-19(8-4-9-19)16-5-3-6-17(11-16)20(21,22)23;/h3,5-6,11,15H,4,7-10,12-14H2,1-2H3,(H,24,25);1H. The minimum Gasteiger partial charge on any atom is -0.384 e. The van der Waals surface area contributed by atoms with Gasteiger partial charge in [-0.25, -0.2) is 0 Å². The molecular weight excluding hydrogens is 482 g/mol. The quantitative estimate of drug-likeness (QED) is 0.364. The van der Waals surface area contributed by atoms with Gasteiger partial charge in [-0.1, -0.05) is 24.6 Å². The van der Waals surface area contributed by atoms with Crippen LogP contribution in [0.25, 0.3) is 0 Å². The van der Waals surface area contributed by atoms with Crippen LogP contribution in [0.15, 0.2) is 29.3 Å². The van der Waals surface area contributed by atoms with Crippen LogP contribution in [0.3, 0.4) is 0 Å². The number of ether oxygens (including phenoxy) is 1. The van der Waals surface area contributed by atoms with Crippen molar-refractivity contribution in [2.24, 2.45) is 10.9 Å². The van der Waals surface area contributed by atoms with Crippen LogP contribution in [-0.2, 0) is 16.3 Å². The first kappa shape index (κ1) is 23.3. The Balaban J connectivity index is 0.00000280. The fourth-order valence-electron chi connectivity index (χ4n) is 4.17. The highest BCUT2D eigenvalue weighted by Crippen LogP contribution is 2.44. The van der Waals surface area contributed by atoms with E-state index < -0.39 is 11.7 Å². The molecule has 158 valence electrons. The molecule has 1 saturated carbocycles. The molecule has 3 rings (SSSR count). The fraction of sp³-hybridized carbons (Fsp3) is 0.650. The highest BCUT2D eigenvalue weighted by atomic mass is 127. The molecule has 1 saturated heterocycles. The molecule has 2 aliphatic rings. The summed E-state index contributed by atoms with van der Waals surface area (Å²) >= 11 is 0. The molecule has 1 aliphatic carbocycles. The molecule has 0 bridgehead atoms. The fourth-order valence-corrected chi connectivity index (χ4v) is 4.17. The lowest BCUT2D eigenvalue weighted by Crippen LogP contribution is -2.49. The van der Waals surface area contributed by atoms with Crippen LogP contribution in [0, 0.1) is 5.92 Å². The van der Waals surface area contributed by atoms with Crippen LogP contribution in [0.5, 0.6) is 0 Å².